The summed E-state index contributed by atoms with van der Waals surface area (Å²) in [5, 5.41) is 7.21. The smallest absolute Gasteiger partial charge is 0.229 e. The predicted octanol–water partition coefficient (Wildman–Crippen LogP) is 5.55. The van der Waals surface area contributed by atoms with Gasteiger partial charge in [-0.1, -0.05) is 23.7 Å². The summed E-state index contributed by atoms with van der Waals surface area (Å²) in [6.45, 7) is 5.92. The number of hydrogen-bond acceptors (Lipinski definition) is 5. The standard InChI is InChI=1S/C20H21ClN4O/c1-12-5-8-18(26-4)17(9-12)24-19-10-14(3)22-20(25-19)23-15-7-6-13(2)16(21)11-15/h5-11H,1-4H3,(H2,22,23,24,25). The zero-order valence-electron chi connectivity index (χ0n) is 15.2. The average Bonchev–Trinajstić information content (AvgIpc) is 2.58. The van der Waals surface area contributed by atoms with Crippen LogP contribution in [0.2, 0.25) is 5.02 Å². The van der Waals surface area contributed by atoms with Crippen molar-refractivity contribution in [1.29, 1.82) is 0 Å². The number of rotatable bonds is 5. The molecule has 26 heavy (non-hydrogen) atoms. The van der Waals surface area contributed by atoms with Crippen molar-refractivity contribution < 1.29 is 4.74 Å². The van der Waals surface area contributed by atoms with Crippen LogP contribution >= 0.6 is 11.6 Å². The van der Waals surface area contributed by atoms with Crippen LogP contribution in [-0.4, -0.2) is 17.1 Å². The van der Waals surface area contributed by atoms with Gasteiger partial charge in [-0.2, -0.15) is 4.98 Å². The number of halogens is 1. The summed E-state index contributed by atoms with van der Waals surface area (Å²) in [6.07, 6.45) is 0. The lowest BCUT2D eigenvalue weighted by Crippen LogP contribution is -2.03. The molecule has 0 fully saturated rings. The fraction of sp³-hybridized carbons (Fsp3) is 0.200. The molecule has 1 aromatic heterocycles. The van der Waals surface area contributed by atoms with Crippen LogP contribution in [0.3, 0.4) is 0 Å². The van der Waals surface area contributed by atoms with Crippen molar-refractivity contribution in [1.82, 2.24) is 9.97 Å². The van der Waals surface area contributed by atoms with Crippen molar-refractivity contribution in [3.8, 4) is 5.75 Å². The molecule has 0 bridgehead atoms. The summed E-state index contributed by atoms with van der Waals surface area (Å²) >= 11 is 6.19. The maximum Gasteiger partial charge on any atom is 0.229 e. The lowest BCUT2D eigenvalue weighted by Gasteiger charge is -2.13. The van der Waals surface area contributed by atoms with Crippen LogP contribution in [0.15, 0.2) is 42.5 Å². The lowest BCUT2D eigenvalue weighted by molar-refractivity contribution is 0.416. The number of methoxy groups -OCH3 is 1. The molecule has 0 atom stereocenters. The Bertz CT molecular complexity index is 943. The van der Waals surface area contributed by atoms with Gasteiger partial charge in [0.05, 0.1) is 12.8 Å². The molecule has 0 saturated carbocycles. The maximum absolute atomic E-state index is 6.19. The topological polar surface area (TPSA) is 59.1 Å². The number of ether oxygens (including phenoxy) is 1. The largest absolute Gasteiger partial charge is 0.495 e. The molecule has 0 aliphatic rings. The van der Waals surface area contributed by atoms with Gasteiger partial charge in [-0.3, -0.25) is 0 Å². The molecule has 1 heterocycles. The second-order valence-corrected chi connectivity index (χ2v) is 6.54. The van der Waals surface area contributed by atoms with E-state index >= 15 is 0 Å². The maximum atomic E-state index is 6.19. The van der Waals surface area contributed by atoms with Crippen LogP contribution in [0.5, 0.6) is 5.75 Å². The Labute approximate surface area is 158 Å². The van der Waals surface area contributed by atoms with E-state index in [9.17, 15) is 0 Å². The van der Waals surface area contributed by atoms with Crippen molar-refractivity contribution in [3.63, 3.8) is 0 Å². The van der Waals surface area contributed by atoms with Gasteiger partial charge in [-0.05, 0) is 56.2 Å². The van der Waals surface area contributed by atoms with Gasteiger partial charge in [-0.25, -0.2) is 4.98 Å². The van der Waals surface area contributed by atoms with Gasteiger partial charge < -0.3 is 15.4 Å². The van der Waals surface area contributed by atoms with Gasteiger partial charge in [0.2, 0.25) is 5.95 Å². The number of benzene rings is 2. The van der Waals surface area contributed by atoms with Crippen LogP contribution in [0, 0.1) is 20.8 Å². The Kier molecular flexibility index (Phi) is 5.28. The molecule has 6 heteroatoms. The van der Waals surface area contributed by atoms with Gasteiger partial charge in [0, 0.05) is 22.5 Å². The van der Waals surface area contributed by atoms with Gasteiger partial charge in [0.15, 0.2) is 0 Å². The molecule has 0 aliphatic carbocycles. The highest BCUT2D eigenvalue weighted by Crippen LogP contribution is 2.29. The van der Waals surface area contributed by atoms with Crippen molar-refractivity contribution in [3.05, 3.63) is 64.3 Å². The van der Waals surface area contributed by atoms with Gasteiger partial charge >= 0.3 is 0 Å². The fourth-order valence-electron chi connectivity index (χ4n) is 2.55. The number of anilines is 4. The van der Waals surface area contributed by atoms with Crippen LogP contribution in [0.1, 0.15) is 16.8 Å². The highest BCUT2D eigenvalue weighted by atomic mass is 35.5. The van der Waals surface area contributed by atoms with E-state index in [4.69, 9.17) is 16.3 Å². The summed E-state index contributed by atoms with van der Waals surface area (Å²) in [5.41, 5.74) is 4.69. The molecule has 5 nitrogen and oxygen atoms in total. The minimum atomic E-state index is 0.499. The van der Waals surface area contributed by atoms with E-state index in [1.807, 2.05) is 63.2 Å². The van der Waals surface area contributed by atoms with Crippen molar-refractivity contribution in [2.75, 3.05) is 17.7 Å². The molecule has 2 N–H and O–H groups in total. The number of hydrogen-bond donors (Lipinski definition) is 2. The SMILES string of the molecule is COc1ccc(C)cc1Nc1cc(C)nc(Nc2ccc(C)c(Cl)c2)n1. The normalized spacial score (nSPS) is 10.5. The molecule has 0 radical (unpaired) electrons. The summed E-state index contributed by atoms with van der Waals surface area (Å²) < 4.78 is 5.42. The third-order valence-corrected chi connectivity index (χ3v) is 4.31. The molecule has 3 aromatic rings. The van der Waals surface area contributed by atoms with E-state index in [2.05, 4.69) is 20.6 Å². The van der Waals surface area contributed by atoms with E-state index in [-0.39, 0.29) is 0 Å². The Morgan fingerprint density at radius 1 is 0.923 bits per heavy atom. The van der Waals surface area contributed by atoms with E-state index in [1.54, 1.807) is 7.11 Å². The van der Waals surface area contributed by atoms with Crippen molar-refractivity contribution in [2.45, 2.75) is 20.8 Å². The monoisotopic (exact) mass is 368 g/mol. The third kappa shape index (κ3) is 4.24. The molecule has 0 amide bonds. The highest BCUT2D eigenvalue weighted by molar-refractivity contribution is 6.31. The minimum absolute atomic E-state index is 0.499. The number of nitrogens with zero attached hydrogens (tertiary/aromatic N) is 2. The summed E-state index contributed by atoms with van der Waals surface area (Å²) in [7, 11) is 1.65. The third-order valence-electron chi connectivity index (χ3n) is 3.90. The molecule has 0 aliphatic heterocycles. The van der Waals surface area contributed by atoms with Crippen LogP contribution < -0.4 is 15.4 Å². The summed E-state index contributed by atoms with van der Waals surface area (Å²) in [5.74, 6) is 1.94. The van der Waals surface area contributed by atoms with Crippen molar-refractivity contribution in [2.24, 2.45) is 0 Å². The van der Waals surface area contributed by atoms with Crippen LogP contribution in [0.4, 0.5) is 23.1 Å². The summed E-state index contributed by atoms with van der Waals surface area (Å²) in [6, 6.07) is 13.6. The molecular weight excluding hydrogens is 348 g/mol. The Balaban J connectivity index is 1.88. The number of nitrogens with one attached hydrogen (secondary N) is 2. The first-order valence-corrected chi connectivity index (χ1v) is 8.63. The van der Waals surface area contributed by atoms with E-state index in [0.717, 1.165) is 33.9 Å². The second-order valence-electron chi connectivity index (χ2n) is 6.14. The lowest BCUT2D eigenvalue weighted by atomic mass is 10.2. The van der Waals surface area contributed by atoms with Crippen molar-refractivity contribution >= 4 is 34.7 Å². The van der Waals surface area contributed by atoms with Gasteiger partial charge in [0.1, 0.15) is 11.6 Å². The zero-order chi connectivity index (χ0) is 18.7. The molecule has 3 rings (SSSR count). The Morgan fingerprint density at radius 3 is 2.46 bits per heavy atom. The highest BCUT2D eigenvalue weighted by Gasteiger charge is 2.08. The molecular formula is C20H21ClN4O. The molecule has 0 saturated heterocycles. The van der Waals surface area contributed by atoms with Gasteiger partial charge in [0.25, 0.3) is 0 Å². The first kappa shape index (κ1) is 18.0. The number of aryl methyl sites for hydroxylation is 3. The van der Waals surface area contributed by atoms with Crippen LogP contribution in [-0.2, 0) is 0 Å². The quantitative estimate of drug-likeness (QED) is 0.618. The van der Waals surface area contributed by atoms with E-state index in [0.29, 0.717) is 16.8 Å². The fourth-order valence-corrected chi connectivity index (χ4v) is 2.73. The molecule has 0 spiro atoms. The van der Waals surface area contributed by atoms with Crippen LogP contribution in [0.25, 0.3) is 0 Å². The zero-order valence-corrected chi connectivity index (χ0v) is 16.0. The summed E-state index contributed by atoms with van der Waals surface area (Å²) in [4.78, 5) is 9.00. The molecule has 134 valence electrons. The average molecular weight is 369 g/mol. The van der Waals surface area contributed by atoms with Gasteiger partial charge in [-0.15, -0.1) is 0 Å². The Morgan fingerprint density at radius 2 is 1.73 bits per heavy atom. The first-order chi connectivity index (χ1) is 12.4. The Hall–Kier alpha value is -2.79. The first-order valence-electron chi connectivity index (χ1n) is 8.25. The number of aromatic nitrogens is 2. The van der Waals surface area contributed by atoms with E-state index < -0.39 is 0 Å². The predicted molar refractivity (Wildman–Crippen MR) is 107 cm³/mol. The second kappa shape index (κ2) is 7.62. The molecule has 0 unspecified atom stereocenters. The molecule has 2 aromatic carbocycles. The minimum Gasteiger partial charge on any atom is -0.495 e. The van der Waals surface area contributed by atoms with E-state index in [1.165, 1.54) is 0 Å².